The van der Waals surface area contributed by atoms with E-state index in [0.29, 0.717) is 0 Å². The van der Waals surface area contributed by atoms with E-state index < -0.39 is 0 Å². The summed E-state index contributed by atoms with van der Waals surface area (Å²) in [6, 6.07) is 0. The number of hydrogen-bond acceptors (Lipinski definition) is 0. The minimum Gasteiger partial charge on any atom is -0.0854 e. The molecular weight excluding hydrogens is 132 g/mol. The summed E-state index contributed by atoms with van der Waals surface area (Å²) in [5, 5.41) is 0. The Morgan fingerprint density at radius 2 is 1.55 bits per heavy atom. The summed E-state index contributed by atoms with van der Waals surface area (Å²) in [6.07, 6.45) is 5.94. The Hall–Kier alpha value is -0.260. The SMILES string of the molecule is CCC(C)/C=C\C(C)C(C)C. The molecule has 2 unspecified atom stereocenters. The van der Waals surface area contributed by atoms with E-state index in [1.165, 1.54) is 6.42 Å². The molecule has 0 aliphatic carbocycles. The maximum atomic E-state index is 2.35. The topological polar surface area (TPSA) is 0 Å². The van der Waals surface area contributed by atoms with Crippen LogP contribution in [0.3, 0.4) is 0 Å². The predicted octanol–water partition coefficient (Wildman–Crippen LogP) is 3.88. The molecule has 0 saturated carbocycles. The highest BCUT2D eigenvalue weighted by Crippen LogP contribution is 2.13. The van der Waals surface area contributed by atoms with Gasteiger partial charge in [0.15, 0.2) is 0 Å². The molecule has 0 spiro atoms. The summed E-state index contributed by atoms with van der Waals surface area (Å²) in [5.74, 6) is 2.25. The van der Waals surface area contributed by atoms with Crippen LogP contribution in [-0.2, 0) is 0 Å². The van der Waals surface area contributed by atoms with Gasteiger partial charge in [0.05, 0.1) is 0 Å². The van der Waals surface area contributed by atoms with Crippen molar-refractivity contribution in [2.75, 3.05) is 0 Å². The van der Waals surface area contributed by atoms with E-state index >= 15 is 0 Å². The molecule has 0 radical (unpaired) electrons. The molecule has 0 aliphatic rings. The second-order valence-electron chi connectivity index (χ2n) is 3.87. The van der Waals surface area contributed by atoms with Crippen molar-refractivity contribution in [2.45, 2.75) is 41.0 Å². The molecule has 66 valence electrons. The lowest BCUT2D eigenvalue weighted by Gasteiger charge is -2.10. The van der Waals surface area contributed by atoms with Crippen molar-refractivity contribution in [3.63, 3.8) is 0 Å². The van der Waals surface area contributed by atoms with Gasteiger partial charge in [0.1, 0.15) is 0 Å². The van der Waals surface area contributed by atoms with Crippen LogP contribution in [0.1, 0.15) is 41.0 Å². The first kappa shape index (κ1) is 10.7. The van der Waals surface area contributed by atoms with Gasteiger partial charge in [-0.2, -0.15) is 0 Å². The van der Waals surface area contributed by atoms with Gasteiger partial charge in [-0.1, -0.05) is 53.2 Å². The van der Waals surface area contributed by atoms with Gasteiger partial charge in [-0.05, 0) is 17.8 Å². The highest BCUT2D eigenvalue weighted by Gasteiger charge is 2.01. The Morgan fingerprint density at radius 1 is 1.00 bits per heavy atom. The molecule has 0 amide bonds. The first-order valence-corrected chi connectivity index (χ1v) is 4.76. The molecule has 0 aromatic rings. The molecule has 0 aromatic carbocycles. The molecule has 0 N–H and O–H groups in total. The Bertz CT molecular complexity index is 111. The summed E-state index contributed by atoms with van der Waals surface area (Å²) < 4.78 is 0. The van der Waals surface area contributed by atoms with Crippen LogP contribution < -0.4 is 0 Å². The maximum absolute atomic E-state index is 2.35. The van der Waals surface area contributed by atoms with Crippen LogP contribution in [0, 0.1) is 17.8 Å². The third-order valence-corrected chi connectivity index (χ3v) is 2.44. The Kier molecular flexibility index (Phi) is 5.27. The van der Waals surface area contributed by atoms with E-state index in [1.807, 2.05) is 0 Å². The Labute approximate surface area is 71.7 Å². The summed E-state index contributed by atoms with van der Waals surface area (Å²) in [5.41, 5.74) is 0. The molecule has 0 bridgehead atoms. The molecular formula is C11H22. The lowest BCUT2D eigenvalue weighted by Crippen LogP contribution is -2.00. The van der Waals surface area contributed by atoms with E-state index in [0.717, 1.165) is 17.8 Å². The van der Waals surface area contributed by atoms with Gasteiger partial charge in [-0.25, -0.2) is 0 Å². The summed E-state index contributed by atoms with van der Waals surface area (Å²) in [6.45, 7) is 11.3. The fourth-order valence-electron chi connectivity index (χ4n) is 0.723. The Morgan fingerprint density at radius 3 is 1.91 bits per heavy atom. The maximum Gasteiger partial charge on any atom is -0.0239 e. The highest BCUT2D eigenvalue weighted by molar-refractivity contribution is 4.90. The zero-order valence-electron chi connectivity index (χ0n) is 8.59. The molecule has 0 aliphatic heterocycles. The van der Waals surface area contributed by atoms with Gasteiger partial charge in [-0.3, -0.25) is 0 Å². The van der Waals surface area contributed by atoms with Gasteiger partial charge in [0.2, 0.25) is 0 Å². The van der Waals surface area contributed by atoms with Crippen molar-refractivity contribution in [1.29, 1.82) is 0 Å². The third kappa shape index (κ3) is 5.06. The van der Waals surface area contributed by atoms with Crippen molar-refractivity contribution in [3.8, 4) is 0 Å². The summed E-state index contributed by atoms with van der Waals surface area (Å²) >= 11 is 0. The van der Waals surface area contributed by atoms with Crippen LogP contribution in [0.2, 0.25) is 0 Å². The number of hydrogen-bond donors (Lipinski definition) is 0. The quantitative estimate of drug-likeness (QED) is 0.539. The van der Waals surface area contributed by atoms with Crippen LogP contribution in [0.5, 0.6) is 0 Å². The monoisotopic (exact) mass is 154 g/mol. The van der Waals surface area contributed by atoms with E-state index in [-0.39, 0.29) is 0 Å². The van der Waals surface area contributed by atoms with E-state index in [2.05, 4.69) is 46.8 Å². The van der Waals surface area contributed by atoms with Crippen molar-refractivity contribution in [2.24, 2.45) is 17.8 Å². The van der Waals surface area contributed by atoms with Crippen LogP contribution in [0.25, 0.3) is 0 Å². The van der Waals surface area contributed by atoms with E-state index in [4.69, 9.17) is 0 Å². The smallest absolute Gasteiger partial charge is 0.0239 e. The average molecular weight is 154 g/mol. The molecule has 2 atom stereocenters. The second kappa shape index (κ2) is 5.40. The molecule has 0 rings (SSSR count). The number of allylic oxidation sites excluding steroid dienone is 2. The van der Waals surface area contributed by atoms with E-state index in [1.54, 1.807) is 0 Å². The molecule has 0 saturated heterocycles. The van der Waals surface area contributed by atoms with Crippen molar-refractivity contribution >= 4 is 0 Å². The lowest BCUT2D eigenvalue weighted by molar-refractivity contribution is 0.500. The van der Waals surface area contributed by atoms with Gasteiger partial charge in [0.25, 0.3) is 0 Å². The Balaban J connectivity index is 3.72. The summed E-state index contributed by atoms with van der Waals surface area (Å²) in [7, 11) is 0. The fourth-order valence-corrected chi connectivity index (χ4v) is 0.723. The van der Waals surface area contributed by atoms with Crippen LogP contribution in [0.4, 0.5) is 0 Å². The first-order valence-electron chi connectivity index (χ1n) is 4.76. The molecule has 0 heteroatoms. The zero-order valence-corrected chi connectivity index (χ0v) is 8.59. The minimum absolute atomic E-state index is 0.726. The van der Waals surface area contributed by atoms with Gasteiger partial charge in [-0.15, -0.1) is 0 Å². The standard InChI is InChI=1S/C11H22/c1-6-10(4)7-8-11(5)9(2)3/h7-11H,6H2,1-5H3/b8-7-. The van der Waals surface area contributed by atoms with Crippen LogP contribution in [0.15, 0.2) is 12.2 Å². The van der Waals surface area contributed by atoms with E-state index in [9.17, 15) is 0 Å². The van der Waals surface area contributed by atoms with Crippen molar-refractivity contribution < 1.29 is 0 Å². The minimum atomic E-state index is 0.726. The van der Waals surface area contributed by atoms with Gasteiger partial charge < -0.3 is 0 Å². The zero-order chi connectivity index (χ0) is 8.85. The normalized spacial score (nSPS) is 17.6. The second-order valence-corrected chi connectivity index (χ2v) is 3.87. The van der Waals surface area contributed by atoms with Crippen LogP contribution in [-0.4, -0.2) is 0 Å². The number of rotatable bonds is 4. The average Bonchev–Trinajstić information content (AvgIpc) is 1.99. The molecule has 0 nitrogen and oxygen atoms in total. The fraction of sp³-hybridized carbons (Fsp3) is 0.818. The molecule has 11 heavy (non-hydrogen) atoms. The molecule has 0 aromatic heterocycles. The first-order chi connectivity index (χ1) is 5.07. The van der Waals surface area contributed by atoms with Gasteiger partial charge in [0, 0.05) is 0 Å². The molecule has 0 heterocycles. The van der Waals surface area contributed by atoms with Crippen molar-refractivity contribution in [3.05, 3.63) is 12.2 Å². The lowest BCUT2D eigenvalue weighted by atomic mass is 9.96. The summed E-state index contributed by atoms with van der Waals surface area (Å²) in [4.78, 5) is 0. The molecule has 0 fully saturated rings. The van der Waals surface area contributed by atoms with Gasteiger partial charge >= 0.3 is 0 Å². The third-order valence-electron chi connectivity index (χ3n) is 2.44. The van der Waals surface area contributed by atoms with Crippen LogP contribution >= 0.6 is 0 Å². The largest absolute Gasteiger partial charge is 0.0854 e. The van der Waals surface area contributed by atoms with Crippen molar-refractivity contribution in [1.82, 2.24) is 0 Å². The highest BCUT2D eigenvalue weighted by atomic mass is 14.1. The predicted molar refractivity (Wildman–Crippen MR) is 52.6 cm³/mol.